The van der Waals surface area contributed by atoms with Crippen molar-refractivity contribution in [1.29, 1.82) is 0 Å². The standard InChI is InChI=1S/C32H42O3/c1-3-11-25-15-9-17-27(21-25)13-5-7-19-29-31(34-29)23-33-24-32-30(35-32)20-8-6-14-28-18-10-16-26(22-28)12-4-2/h3-4,9-10,15-18,21-22,29-32H,1-2,5-8,11-14,19-20,23-24H2. The van der Waals surface area contributed by atoms with Gasteiger partial charge >= 0.3 is 0 Å². The molecule has 4 atom stereocenters. The van der Waals surface area contributed by atoms with Gasteiger partial charge in [-0.25, -0.2) is 0 Å². The molecule has 4 unspecified atom stereocenters. The number of ether oxygens (including phenoxy) is 3. The van der Waals surface area contributed by atoms with Gasteiger partial charge < -0.3 is 14.2 Å². The lowest BCUT2D eigenvalue weighted by molar-refractivity contribution is 0.102. The molecule has 2 aromatic rings. The number of hydrogen-bond acceptors (Lipinski definition) is 3. The molecular formula is C32H42O3. The summed E-state index contributed by atoms with van der Waals surface area (Å²) in [4.78, 5) is 0. The summed E-state index contributed by atoms with van der Waals surface area (Å²) in [5.41, 5.74) is 5.56. The quantitative estimate of drug-likeness (QED) is 0.135. The number of aryl methyl sites for hydroxylation is 2. The van der Waals surface area contributed by atoms with E-state index in [1.165, 1.54) is 47.9 Å². The Hall–Kier alpha value is -2.20. The zero-order chi connectivity index (χ0) is 24.3. The van der Waals surface area contributed by atoms with E-state index in [9.17, 15) is 0 Å². The fraction of sp³-hybridized carbons (Fsp3) is 0.500. The Labute approximate surface area is 212 Å². The van der Waals surface area contributed by atoms with Crippen molar-refractivity contribution in [3.05, 3.63) is 96.1 Å². The van der Waals surface area contributed by atoms with Crippen LogP contribution in [-0.4, -0.2) is 37.6 Å². The summed E-state index contributed by atoms with van der Waals surface area (Å²) in [7, 11) is 0. The average molecular weight is 475 g/mol. The molecule has 2 fully saturated rings. The third-order valence-corrected chi connectivity index (χ3v) is 7.09. The summed E-state index contributed by atoms with van der Waals surface area (Å²) < 4.78 is 17.5. The minimum Gasteiger partial charge on any atom is -0.376 e. The van der Waals surface area contributed by atoms with Gasteiger partial charge in [0.2, 0.25) is 0 Å². The van der Waals surface area contributed by atoms with E-state index in [-0.39, 0.29) is 0 Å². The van der Waals surface area contributed by atoms with Gasteiger partial charge in [-0.15, -0.1) is 13.2 Å². The molecule has 0 aliphatic carbocycles. The van der Waals surface area contributed by atoms with Crippen molar-refractivity contribution in [2.75, 3.05) is 13.2 Å². The van der Waals surface area contributed by atoms with Crippen LogP contribution < -0.4 is 0 Å². The van der Waals surface area contributed by atoms with Gasteiger partial charge in [-0.3, -0.25) is 0 Å². The fourth-order valence-electron chi connectivity index (χ4n) is 4.97. The Bertz CT molecular complexity index is 860. The number of hydrogen-bond donors (Lipinski definition) is 0. The monoisotopic (exact) mass is 474 g/mol. The second-order valence-electron chi connectivity index (χ2n) is 10.1. The molecule has 0 radical (unpaired) electrons. The molecule has 3 nitrogen and oxygen atoms in total. The Morgan fingerprint density at radius 1 is 0.629 bits per heavy atom. The Kier molecular flexibility index (Phi) is 10.2. The molecule has 2 aliphatic rings. The molecule has 2 saturated heterocycles. The first kappa shape index (κ1) is 25.9. The molecule has 188 valence electrons. The molecular weight excluding hydrogens is 432 g/mol. The zero-order valence-electron chi connectivity index (χ0n) is 21.2. The maximum absolute atomic E-state index is 5.90. The number of benzene rings is 2. The van der Waals surface area contributed by atoms with Crippen molar-refractivity contribution in [3.63, 3.8) is 0 Å². The molecule has 0 bridgehead atoms. The second-order valence-corrected chi connectivity index (χ2v) is 10.1. The Balaban J connectivity index is 0.978. The van der Waals surface area contributed by atoms with Gasteiger partial charge in [-0.2, -0.15) is 0 Å². The number of allylic oxidation sites excluding steroid dienone is 2. The summed E-state index contributed by atoms with van der Waals surface area (Å²) in [6.45, 7) is 9.08. The maximum Gasteiger partial charge on any atom is 0.107 e. The lowest BCUT2D eigenvalue weighted by atomic mass is 10.0. The zero-order valence-corrected chi connectivity index (χ0v) is 21.2. The smallest absolute Gasteiger partial charge is 0.107 e. The fourth-order valence-corrected chi connectivity index (χ4v) is 4.97. The van der Waals surface area contributed by atoms with Crippen LogP contribution in [0.25, 0.3) is 0 Å². The predicted octanol–water partition coefficient (Wildman–Crippen LogP) is 6.82. The first-order chi connectivity index (χ1) is 17.2. The topological polar surface area (TPSA) is 34.3 Å². The first-order valence-electron chi connectivity index (χ1n) is 13.5. The number of rotatable bonds is 18. The predicted molar refractivity (Wildman–Crippen MR) is 144 cm³/mol. The van der Waals surface area contributed by atoms with E-state index in [1.54, 1.807) is 0 Å². The molecule has 3 heteroatoms. The molecule has 0 saturated carbocycles. The summed E-state index contributed by atoms with van der Waals surface area (Å²) in [6.07, 6.45) is 16.6. The Morgan fingerprint density at radius 3 is 1.54 bits per heavy atom. The highest BCUT2D eigenvalue weighted by molar-refractivity contribution is 5.26. The van der Waals surface area contributed by atoms with Crippen LogP contribution >= 0.6 is 0 Å². The molecule has 0 N–H and O–H groups in total. The van der Waals surface area contributed by atoms with Crippen molar-refractivity contribution >= 4 is 0 Å². The minimum absolute atomic E-state index is 0.292. The van der Waals surface area contributed by atoms with Crippen LogP contribution in [0.4, 0.5) is 0 Å². The normalized spacial score (nSPS) is 22.6. The molecule has 0 aromatic heterocycles. The highest BCUT2D eigenvalue weighted by Crippen LogP contribution is 2.30. The van der Waals surface area contributed by atoms with Gasteiger partial charge in [0.25, 0.3) is 0 Å². The molecule has 0 amide bonds. The van der Waals surface area contributed by atoms with Gasteiger partial charge in [0.15, 0.2) is 0 Å². The average Bonchev–Trinajstić information content (AvgIpc) is 3.78. The lowest BCUT2D eigenvalue weighted by Gasteiger charge is -2.04. The molecule has 2 heterocycles. The molecule has 2 aliphatic heterocycles. The van der Waals surface area contributed by atoms with Crippen molar-refractivity contribution in [2.45, 2.75) is 88.6 Å². The summed E-state index contributed by atoms with van der Waals surface area (Å²) in [5, 5.41) is 0. The van der Waals surface area contributed by atoms with Crippen LogP contribution in [0.1, 0.15) is 60.8 Å². The molecule has 4 rings (SSSR count). The second kappa shape index (κ2) is 13.8. The number of unbranched alkanes of at least 4 members (excludes halogenated alkanes) is 2. The van der Waals surface area contributed by atoms with Crippen molar-refractivity contribution in [1.82, 2.24) is 0 Å². The van der Waals surface area contributed by atoms with Gasteiger partial charge in [-0.05, 0) is 73.6 Å². The van der Waals surface area contributed by atoms with E-state index in [0.717, 1.165) is 38.5 Å². The number of epoxide rings is 2. The largest absolute Gasteiger partial charge is 0.376 e. The lowest BCUT2D eigenvalue weighted by Crippen LogP contribution is -2.11. The van der Waals surface area contributed by atoms with E-state index in [4.69, 9.17) is 14.2 Å². The summed E-state index contributed by atoms with van der Waals surface area (Å²) in [5.74, 6) is 0. The van der Waals surface area contributed by atoms with Crippen molar-refractivity contribution < 1.29 is 14.2 Å². The van der Waals surface area contributed by atoms with E-state index in [2.05, 4.69) is 61.7 Å². The highest BCUT2D eigenvalue weighted by Gasteiger charge is 2.41. The first-order valence-corrected chi connectivity index (χ1v) is 13.5. The van der Waals surface area contributed by atoms with E-state index in [1.807, 2.05) is 12.2 Å². The van der Waals surface area contributed by atoms with Gasteiger partial charge in [-0.1, -0.05) is 73.5 Å². The van der Waals surface area contributed by atoms with Gasteiger partial charge in [0, 0.05) is 0 Å². The van der Waals surface area contributed by atoms with Crippen LogP contribution in [-0.2, 0) is 39.9 Å². The molecule has 35 heavy (non-hydrogen) atoms. The van der Waals surface area contributed by atoms with Crippen molar-refractivity contribution in [3.8, 4) is 0 Å². The highest BCUT2D eigenvalue weighted by atomic mass is 16.6. The van der Waals surface area contributed by atoms with Crippen LogP contribution in [0.2, 0.25) is 0 Å². The van der Waals surface area contributed by atoms with Crippen LogP contribution in [0, 0.1) is 0 Å². The van der Waals surface area contributed by atoms with E-state index in [0.29, 0.717) is 37.6 Å². The van der Waals surface area contributed by atoms with E-state index < -0.39 is 0 Å². The van der Waals surface area contributed by atoms with Gasteiger partial charge in [0.1, 0.15) is 12.2 Å². The van der Waals surface area contributed by atoms with Crippen LogP contribution in [0.3, 0.4) is 0 Å². The Morgan fingerprint density at radius 2 is 1.09 bits per heavy atom. The van der Waals surface area contributed by atoms with Crippen LogP contribution in [0.5, 0.6) is 0 Å². The maximum atomic E-state index is 5.90. The molecule has 2 aromatic carbocycles. The van der Waals surface area contributed by atoms with E-state index >= 15 is 0 Å². The van der Waals surface area contributed by atoms with Crippen LogP contribution in [0.15, 0.2) is 73.8 Å². The molecule has 0 spiro atoms. The third-order valence-electron chi connectivity index (χ3n) is 7.09. The van der Waals surface area contributed by atoms with Crippen molar-refractivity contribution in [2.24, 2.45) is 0 Å². The third kappa shape index (κ3) is 9.07. The summed E-state index contributed by atoms with van der Waals surface area (Å²) >= 11 is 0. The SMILES string of the molecule is C=CCc1cccc(CCCCC2OC2COCC2OC2CCCCc2cccc(CC=C)c2)c1. The minimum atomic E-state index is 0.292. The van der Waals surface area contributed by atoms with Gasteiger partial charge in [0.05, 0.1) is 25.4 Å². The summed E-state index contributed by atoms with van der Waals surface area (Å²) in [6, 6.07) is 17.7.